The number of rotatable bonds is 1. The van der Waals surface area contributed by atoms with Crippen molar-refractivity contribution >= 4 is 5.91 Å². The molecular weight excluding hydrogens is 94.0 g/mol. The molecule has 1 atom stereocenters. The molecule has 0 aliphatic carbocycles. The summed E-state index contributed by atoms with van der Waals surface area (Å²) in [5.74, 6) is -0.275. The first-order valence-corrected chi connectivity index (χ1v) is 2.06. The Labute approximate surface area is 42.3 Å². The van der Waals surface area contributed by atoms with E-state index in [1.807, 2.05) is 0 Å². The number of nitrogens with one attached hydrogen (secondary N) is 1. The van der Waals surface area contributed by atoms with Crippen molar-refractivity contribution in [1.82, 2.24) is 5.32 Å². The number of amides is 1. The van der Waals surface area contributed by atoms with Crippen LogP contribution in [0.2, 0.25) is 0 Å². The Morgan fingerprint density at radius 3 is 2.14 bits per heavy atom. The minimum Gasteiger partial charge on any atom is -0.329 e. The first-order valence-electron chi connectivity index (χ1n) is 2.06. The van der Waals surface area contributed by atoms with Crippen LogP contribution in [0.25, 0.3) is 0 Å². The highest BCUT2D eigenvalue weighted by Crippen LogP contribution is 1.69. The van der Waals surface area contributed by atoms with Gasteiger partial charge in [-0.25, -0.2) is 5.11 Å². The molecule has 0 spiro atoms. The third-order valence-corrected chi connectivity index (χ3v) is 0.407. The lowest BCUT2D eigenvalue weighted by molar-refractivity contribution is -0.122. The van der Waals surface area contributed by atoms with Crippen LogP contribution in [0.4, 0.5) is 0 Å². The van der Waals surface area contributed by atoms with Gasteiger partial charge >= 0.3 is 0 Å². The largest absolute Gasteiger partial charge is 0.329 e. The zero-order valence-electron chi connectivity index (χ0n) is 4.39. The average molecular weight is 102 g/mol. The Balaban J connectivity index is 3.13. The molecule has 0 aliphatic heterocycles. The van der Waals surface area contributed by atoms with Crippen LogP contribution in [0, 0.1) is 0 Å². The van der Waals surface area contributed by atoms with Crippen LogP contribution < -0.4 is 5.32 Å². The van der Waals surface area contributed by atoms with Crippen LogP contribution in [0.5, 0.6) is 0 Å². The van der Waals surface area contributed by atoms with Crippen molar-refractivity contribution in [2.24, 2.45) is 0 Å². The Hall–Kier alpha value is -0.570. The highest BCUT2D eigenvalue weighted by molar-refractivity contribution is 5.72. The summed E-state index contributed by atoms with van der Waals surface area (Å²) in [6.45, 7) is 2.69. The summed E-state index contributed by atoms with van der Waals surface area (Å²) >= 11 is 0. The molecule has 1 radical (unpaired) electrons. The highest BCUT2D eigenvalue weighted by atomic mass is 16.3. The third kappa shape index (κ3) is 5.43. The summed E-state index contributed by atoms with van der Waals surface area (Å²) in [7, 11) is 0. The lowest BCUT2D eigenvalue weighted by Crippen LogP contribution is -2.28. The highest BCUT2D eigenvalue weighted by Gasteiger charge is 1.94. The average Bonchev–Trinajstić information content (AvgIpc) is 1.27. The summed E-state index contributed by atoms with van der Waals surface area (Å²) in [4.78, 5) is 9.94. The van der Waals surface area contributed by atoms with Crippen molar-refractivity contribution < 1.29 is 9.90 Å². The molecule has 0 aromatic carbocycles. The molecule has 0 rings (SSSR count). The van der Waals surface area contributed by atoms with Crippen LogP contribution in [0.15, 0.2) is 0 Å². The van der Waals surface area contributed by atoms with E-state index in [0.29, 0.717) is 0 Å². The first-order chi connectivity index (χ1) is 3.13. The second kappa shape index (κ2) is 2.58. The van der Waals surface area contributed by atoms with Crippen molar-refractivity contribution in [1.29, 1.82) is 0 Å². The van der Waals surface area contributed by atoms with Gasteiger partial charge in [0.2, 0.25) is 5.91 Å². The zero-order valence-corrected chi connectivity index (χ0v) is 4.39. The molecular formula is C4H8NO2. The maximum absolute atomic E-state index is 10.0. The number of hydrogen-bond acceptors (Lipinski definition) is 1. The molecule has 0 bridgehead atoms. The molecule has 0 aromatic heterocycles. The number of carbonyl (C=O) groups is 1. The van der Waals surface area contributed by atoms with Crippen LogP contribution in [0.3, 0.4) is 0 Å². The molecule has 0 saturated carbocycles. The minimum absolute atomic E-state index is 0.275. The minimum atomic E-state index is -0.975. The van der Waals surface area contributed by atoms with Gasteiger partial charge in [-0.15, -0.1) is 0 Å². The van der Waals surface area contributed by atoms with Gasteiger partial charge in [0.15, 0.2) is 6.23 Å². The Bertz CT molecular complexity index is 70.1. The van der Waals surface area contributed by atoms with E-state index in [2.05, 4.69) is 5.32 Å². The van der Waals surface area contributed by atoms with E-state index in [-0.39, 0.29) is 5.91 Å². The molecule has 1 amide bonds. The maximum atomic E-state index is 10.0. The Morgan fingerprint density at radius 1 is 1.71 bits per heavy atom. The molecule has 7 heavy (non-hydrogen) atoms. The lowest BCUT2D eigenvalue weighted by atomic mass is 10.6. The fourth-order valence-electron chi connectivity index (χ4n) is 0.286. The molecule has 0 aromatic rings. The lowest BCUT2D eigenvalue weighted by Gasteiger charge is -1.98. The molecule has 3 nitrogen and oxygen atoms in total. The third-order valence-electron chi connectivity index (χ3n) is 0.407. The maximum Gasteiger partial charge on any atom is 0.218 e. The standard InChI is InChI=1S/C4H8NO2/c1-3(6)5-4(2)7/h3H,1-2H3,(H,5,7). The van der Waals surface area contributed by atoms with E-state index >= 15 is 0 Å². The normalized spacial score (nSPS) is 13.0. The van der Waals surface area contributed by atoms with Gasteiger partial charge in [0, 0.05) is 6.92 Å². The van der Waals surface area contributed by atoms with Gasteiger partial charge in [0.05, 0.1) is 0 Å². The first kappa shape index (κ1) is 6.43. The van der Waals surface area contributed by atoms with E-state index in [1.165, 1.54) is 13.8 Å². The Morgan fingerprint density at radius 2 is 2.14 bits per heavy atom. The molecule has 1 unspecified atom stereocenters. The predicted molar refractivity (Wildman–Crippen MR) is 24.0 cm³/mol. The molecule has 0 heterocycles. The zero-order chi connectivity index (χ0) is 5.86. The molecule has 0 fully saturated rings. The molecule has 0 aliphatic rings. The van der Waals surface area contributed by atoms with E-state index in [4.69, 9.17) is 0 Å². The van der Waals surface area contributed by atoms with Gasteiger partial charge < -0.3 is 5.32 Å². The quantitative estimate of drug-likeness (QED) is 0.462. The molecule has 1 N–H and O–H groups in total. The van der Waals surface area contributed by atoms with Crippen molar-refractivity contribution in [3.8, 4) is 0 Å². The predicted octanol–water partition coefficient (Wildman–Crippen LogP) is -0.101. The van der Waals surface area contributed by atoms with Crippen molar-refractivity contribution in [2.45, 2.75) is 20.1 Å². The van der Waals surface area contributed by atoms with Gasteiger partial charge in [0.1, 0.15) is 0 Å². The SMILES string of the molecule is CC(=O)NC(C)[O]. The van der Waals surface area contributed by atoms with Crippen LogP contribution in [0.1, 0.15) is 13.8 Å². The van der Waals surface area contributed by atoms with Crippen molar-refractivity contribution in [3.63, 3.8) is 0 Å². The summed E-state index contributed by atoms with van der Waals surface area (Å²) in [6.07, 6.45) is -0.975. The molecule has 3 heteroatoms. The van der Waals surface area contributed by atoms with Gasteiger partial charge in [-0.2, -0.15) is 0 Å². The van der Waals surface area contributed by atoms with E-state index < -0.39 is 6.23 Å². The summed E-state index contributed by atoms with van der Waals surface area (Å²) in [6, 6.07) is 0. The smallest absolute Gasteiger partial charge is 0.218 e. The van der Waals surface area contributed by atoms with E-state index in [1.54, 1.807) is 0 Å². The second-order valence-electron chi connectivity index (χ2n) is 1.34. The Kier molecular flexibility index (Phi) is 2.37. The monoisotopic (exact) mass is 102 g/mol. The van der Waals surface area contributed by atoms with Crippen molar-refractivity contribution in [3.05, 3.63) is 0 Å². The second-order valence-corrected chi connectivity index (χ2v) is 1.34. The van der Waals surface area contributed by atoms with E-state index in [9.17, 15) is 9.90 Å². The van der Waals surface area contributed by atoms with Crippen LogP contribution >= 0.6 is 0 Å². The summed E-state index contributed by atoms with van der Waals surface area (Å²) in [5, 5.41) is 12.1. The fraction of sp³-hybridized carbons (Fsp3) is 0.750. The van der Waals surface area contributed by atoms with Crippen LogP contribution in [-0.2, 0) is 9.90 Å². The van der Waals surface area contributed by atoms with E-state index in [0.717, 1.165) is 0 Å². The van der Waals surface area contributed by atoms with Gasteiger partial charge in [0.25, 0.3) is 0 Å². The van der Waals surface area contributed by atoms with Crippen LogP contribution in [-0.4, -0.2) is 12.1 Å². The van der Waals surface area contributed by atoms with Gasteiger partial charge in [-0.1, -0.05) is 0 Å². The summed E-state index contributed by atoms with van der Waals surface area (Å²) < 4.78 is 0. The number of carbonyl (C=O) groups excluding carboxylic acids is 1. The number of hydrogen-bond donors (Lipinski definition) is 1. The molecule has 41 valence electrons. The fourth-order valence-corrected chi connectivity index (χ4v) is 0.286. The van der Waals surface area contributed by atoms with Gasteiger partial charge in [-0.3, -0.25) is 4.79 Å². The molecule has 0 saturated heterocycles. The topological polar surface area (TPSA) is 49.0 Å². The summed E-state index contributed by atoms with van der Waals surface area (Å²) in [5.41, 5.74) is 0. The van der Waals surface area contributed by atoms with Crippen molar-refractivity contribution in [2.75, 3.05) is 0 Å². The van der Waals surface area contributed by atoms with Gasteiger partial charge in [-0.05, 0) is 6.92 Å².